The molecule has 0 saturated carbocycles. The molecule has 0 radical (unpaired) electrons. The van der Waals surface area contributed by atoms with Gasteiger partial charge in [0, 0.05) is 42.9 Å². The zero-order chi connectivity index (χ0) is 25.0. The number of sulfonamides is 1. The van der Waals surface area contributed by atoms with Crippen LogP contribution >= 0.6 is 0 Å². The lowest BCUT2D eigenvalue weighted by atomic mass is 9.83. The predicted molar refractivity (Wildman–Crippen MR) is 140 cm³/mol. The maximum absolute atomic E-state index is 11.8. The fourth-order valence-corrected chi connectivity index (χ4v) is 5.43. The molecule has 0 bridgehead atoms. The molecule has 0 spiro atoms. The van der Waals surface area contributed by atoms with E-state index in [4.69, 9.17) is 0 Å². The van der Waals surface area contributed by atoms with Crippen molar-refractivity contribution >= 4 is 21.3 Å². The summed E-state index contributed by atoms with van der Waals surface area (Å²) in [6.07, 6.45) is 6.22. The summed E-state index contributed by atoms with van der Waals surface area (Å²) in [4.78, 5) is 4.26. The number of hydrogen-bond donors (Lipinski definition) is 1. The van der Waals surface area contributed by atoms with Crippen molar-refractivity contribution in [3.05, 3.63) is 106 Å². The van der Waals surface area contributed by atoms with Crippen molar-refractivity contribution in [2.75, 3.05) is 19.3 Å². The molecule has 6 nitrogen and oxygen atoms in total. The van der Waals surface area contributed by atoms with Gasteiger partial charge in [-0.25, -0.2) is 8.42 Å². The lowest BCUT2D eigenvalue weighted by molar-refractivity contribution is 0.317. The molecule has 2 heterocycles. The molecule has 0 aliphatic carbocycles. The number of benzene rings is 2. The Bertz CT molecular complexity index is 1360. The number of rotatable bonds is 7. The van der Waals surface area contributed by atoms with E-state index in [1.54, 1.807) is 6.20 Å². The second-order valence-corrected chi connectivity index (χ2v) is 11.1. The standard InChI is InChI=1S/C28H31N3O3S/c1-20-6-4-5-7-26(20)27(19-28(30-32)25-12-15-29-21(2)18-25)24-10-8-22(9-11-24)23-13-16-31(17-14-23)35(3,33)34/h4-13,15,18,27,32H,14,16-17,19H2,1-3H3. The molecule has 1 aromatic heterocycles. The first-order chi connectivity index (χ1) is 16.8. The lowest BCUT2D eigenvalue weighted by Crippen LogP contribution is -2.33. The zero-order valence-electron chi connectivity index (χ0n) is 20.3. The number of pyridine rings is 1. The normalized spacial score (nSPS) is 16.1. The van der Waals surface area contributed by atoms with E-state index in [0.717, 1.165) is 28.0 Å². The molecular weight excluding hydrogens is 458 g/mol. The quantitative estimate of drug-likeness (QED) is 0.283. The molecule has 3 aromatic rings. The lowest BCUT2D eigenvalue weighted by Gasteiger charge is -2.25. The van der Waals surface area contributed by atoms with E-state index >= 15 is 0 Å². The van der Waals surface area contributed by atoms with Crippen LogP contribution in [0.25, 0.3) is 5.57 Å². The number of oxime groups is 1. The van der Waals surface area contributed by atoms with Gasteiger partial charge in [0.15, 0.2) is 0 Å². The Morgan fingerprint density at radius 3 is 2.46 bits per heavy atom. The minimum atomic E-state index is -3.17. The van der Waals surface area contributed by atoms with Crippen LogP contribution < -0.4 is 0 Å². The second kappa shape index (κ2) is 10.5. The molecule has 1 aliphatic rings. The molecule has 1 aliphatic heterocycles. The average Bonchev–Trinajstić information content (AvgIpc) is 2.85. The maximum atomic E-state index is 11.8. The third-order valence-electron chi connectivity index (χ3n) is 6.64. The van der Waals surface area contributed by atoms with Crippen LogP contribution in [-0.2, 0) is 10.0 Å². The maximum Gasteiger partial charge on any atom is 0.211 e. The molecule has 1 atom stereocenters. The van der Waals surface area contributed by atoms with Gasteiger partial charge in [0.25, 0.3) is 0 Å². The van der Waals surface area contributed by atoms with E-state index in [1.807, 2.05) is 37.3 Å². The van der Waals surface area contributed by atoms with Crippen molar-refractivity contribution in [3.8, 4) is 0 Å². The second-order valence-electron chi connectivity index (χ2n) is 9.07. The Hall–Kier alpha value is -3.29. The van der Waals surface area contributed by atoms with E-state index < -0.39 is 10.0 Å². The predicted octanol–water partition coefficient (Wildman–Crippen LogP) is 5.15. The Morgan fingerprint density at radius 2 is 1.86 bits per heavy atom. The summed E-state index contributed by atoms with van der Waals surface area (Å²) < 4.78 is 25.1. The SMILES string of the molecule is Cc1cc(C(CC(c2ccc(C3=CCN(S(C)(=O)=O)CC3)cc2)c2ccccc2C)=NO)ccn1. The first-order valence-corrected chi connectivity index (χ1v) is 13.5. The third kappa shape index (κ3) is 5.86. The Morgan fingerprint density at radius 1 is 1.11 bits per heavy atom. The molecule has 7 heteroatoms. The van der Waals surface area contributed by atoms with Crippen LogP contribution in [0.2, 0.25) is 0 Å². The van der Waals surface area contributed by atoms with Crippen molar-refractivity contribution < 1.29 is 13.6 Å². The van der Waals surface area contributed by atoms with Crippen LogP contribution in [0.5, 0.6) is 0 Å². The van der Waals surface area contributed by atoms with Crippen molar-refractivity contribution in [2.24, 2.45) is 5.16 Å². The van der Waals surface area contributed by atoms with Crippen molar-refractivity contribution in [2.45, 2.75) is 32.6 Å². The van der Waals surface area contributed by atoms with E-state index in [1.165, 1.54) is 21.7 Å². The Kier molecular flexibility index (Phi) is 7.48. The Balaban J connectivity index is 1.65. The van der Waals surface area contributed by atoms with Crippen LogP contribution in [0.3, 0.4) is 0 Å². The van der Waals surface area contributed by atoms with Gasteiger partial charge in [0.2, 0.25) is 10.0 Å². The molecule has 35 heavy (non-hydrogen) atoms. The van der Waals surface area contributed by atoms with Gasteiger partial charge < -0.3 is 5.21 Å². The average molecular weight is 490 g/mol. The minimum absolute atomic E-state index is 0.00526. The van der Waals surface area contributed by atoms with Crippen molar-refractivity contribution in [3.63, 3.8) is 0 Å². The number of nitrogens with zero attached hydrogens (tertiary/aromatic N) is 3. The highest BCUT2D eigenvalue weighted by Crippen LogP contribution is 2.33. The van der Waals surface area contributed by atoms with Crippen LogP contribution in [0.4, 0.5) is 0 Å². The summed E-state index contributed by atoms with van der Waals surface area (Å²) in [6, 6.07) is 20.6. The highest BCUT2D eigenvalue weighted by Gasteiger charge is 2.22. The van der Waals surface area contributed by atoms with Gasteiger partial charge in [-0.1, -0.05) is 59.8 Å². The topological polar surface area (TPSA) is 82.9 Å². The summed E-state index contributed by atoms with van der Waals surface area (Å²) in [7, 11) is -3.17. The van der Waals surface area contributed by atoms with Crippen LogP contribution in [-0.4, -0.2) is 48.0 Å². The highest BCUT2D eigenvalue weighted by atomic mass is 32.2. The number of aromatic nitrogens is 1. The first-order valence-electron chi connectivity index (χ1n) is 11.7. The molecule has 182 valence electrons. The molecular formula is C28H31N3O3S. The molecule has 0 amide bonds. The van der Waals surface area contributed by atoms with Crippen molar-refractivity contribution in [1.82, 2.24) is 9.29 Å². The molecule has 4 rings (SSSR count). The molecule has 1 unspecified atom stereocenters. The molecule has 0 fully saturated rings. The fraction of sp³-hybridized carbons (Fsp3) is 0.286. The van der Waals surface area contributed by atoms with E-state index in [2.05, 4.69) is 53.5 Å². The van der Waals surface area contributed by atoms with Gasteiger partial charge in [0.1, 0.15) is 0 Å². The largest absolute Gasteiger partial charge is 0.411 e. The van der Waals surface area contributed by atoms with Gasteiger partial charge in [-0.15, -0.1) is 0 Å². The monoisotopic (exact) mass is 489 g/mol. The van der Waals surface area contributed by atoms with Crippen LogP contribution in [0.15, 0.2) is 78.1 Å². The Labute approximate surface area is 207 Å². The van der Waals surface area contributed by atoms with E-state index in [-0.39, 0.29) is 5.92 Å². The zero-order valence-corrected chi connectivity index (χ0v) is 21.2. The van der Waals surface area contributed by atoms with Gasteiger partial charge in [0.05, 0.1) is 12.0 Å². The summed E-state index contributed by atoms with van der Waals surface area (Å²) in [5.41, 5.74) is 8.11. The van der Waals surface area contributed by atoms with Gasteiger partial charge in [-0.3, -0.25) is 4.98 Å². The third-order valence-corrected chi connectivity index (χ3v) is 7.91. The summed E-state index contributed by atoms with van der Waals surface area (Å²) >= 11 is 0. The summed E-state index contributed by atoms with van der Waals surface area (Å²) in [6.45, 7) is 4.93. The van der Waals surface area contributed by atoms with Crippen LogP contribution in [0, 0.1) is 13.8 Å². The van der Waals surface area contributed by atoms with Gasteiger partial charge in [-0.2, -0.15) is 4.31 Å². The fourth-order valence-electron chi connectivity index (χ4n) is 4.66. The number of aryl methyl sites for hydroxylation is 2. The highest BCUT2D eigenvalue weighted by molar-refractivity contribution is 7.88. The van der Waals surface area contributed by atoms with E-state index in [9.17, 15) is 13.6 Å². The van der Waals surface area contributed by atoms with Crippen LogP contribution in [0.1, 0.15) is 52.3 Å². The van der Waals surface area contributed by atoms with Gasteiger partial charge in [-0.05, 0) is 60.2 Å². The molecule has 1 N–H and O–H groups in total. The molecule has 0 saturated heterocycles. The molecule has 2 aromatic carbocycles. The van der Waals surface area contributed by atoms with Gasteiger partial charge >= 0.3 is 0 Å². The minimum Gasteiger partial charge on any atom is -0.411 e. The summed E-state index contributed by atoms with van der Waals surface area (Å²) in [5.74, 6) is 0.00526. The smallest absolute Gasteiger partial charge is 0.211 e. The number of hydrogen-bond acceptors (Lipinski definition) is 5. The first kappa shape index (κ1) is 24.8. The van der Waals surface area contributed by atoms with Crippen molar-refractivity contribution in [1.29, 1.82) is 0 Å². The summed E-state index contributed by atoms with van der Waals surface area (Å²) in [5, 5.41) is 13.6. The van der Waals surface area contributed by atoms with E-state index in [0.29, 0.717) is 31.6 Å².